The quantitative estimate of drug-likeness (QED) is 0.298. The van der Waals surface area contributed by atoms with Crippen molar-refractivity contribution in [2.24, 2.45) is 10.1 Å². The van der Waals surface area contributed by atoms with Gasteiger partial charge in [-0.25, -0.2) is 9.79 Å². The number of para-hydroxylation sites is 1. The van der Waals surface area contributed by atoms with Crippen molar-refractivity contribution >= 4 is 49.9 Å². The topological polar surface area (TPSA) is 123 Å². The summed E-state index contributed by atoms with van der Waals surface area (Å²) < 4.78 is 0.802. The van der Waals surface area contributed by atoms with Crippen molar-refractivity contribution in [3.05, 3.63) is 57.6 Å². The molecule has 0 spiro atoms. The third-order valence-electron chi connectivity index (χ3n) is 5.82. The lowest BCUT2D eigenvalue weighted by Gasteiger charge is -2.26. The van der Waals surface area contributed by atoms with Crippen molar-refractivity contribution < 1.29 is 19.8 Å². The Bertz CT molecular complexity index is 1290. The van der Waals surface area contributed by atoms with E-state index in [1.165, 1.54) is 12.1 Å². The van der Waals surface area contributed by atoms with E-state index in [1.807, 2.05) is 18.2 Å². The lowest BCUT2D eigenvalue weighted by atomic mass is 10.00. The second kappa shape index (κ2) is 8.97. The minimum atomic E-state index is -1.04. The smallest absolute Gasteiger partial charge is 0.335 e. The first-order chi connectivity index (χ1) is 16.0. The van der Waals surface area contributed by atoms with E-state index in [9.17, 15) is 15.0 Å². The monoisotopic (exact) mass is 511 g/mol. The van der Waals surface area contributed by atoms with Gasteiger partial charge >= 0.3 is 5.97 Å². The molecule has 0 bridgehead atoms. The number of benzene rings is 2. The van der Waals surface area contributed by atoms with Crippen molar-refractivity contribution in [1.82, 2.24) is 15.2 Å². The van der Waals surface area contributed by atoms with Crippen LogP contribution < -0.4 is 5.32 Å². The number of oxime groups is 1. The number of aromatic nitrogens is 1. The van der Waals surface area contributed by atoms with Gasteiger partial charge in [0.05, 0.1) is 22.3 Å². The summed E-state index contributed by atoms with van der Waals surface area (Å²) in [5.74, 6) is -1.08. The minimum Gasteiger partial charge on any atom is -0.494 e. The number of aromatic amines is 1. The first-order valence-corrected chi connectivity index (χ1v) is 11.4. The molecule has 2 aliphatic rings. The van der Waals surface area contributed by atoms with Crippen LogP contribution in [0.1, 0.15) is 21.5 Å². The summed E-state index contributed by atoms with van der Waals surface area (Å²) in [5, 5.41) is 28.6. The fourth-order valence-electron chi connectivity index (χ4n) is 4.15. The van der Waals surface area contributed by atoms with E-state index in [0.717, 1.165) is 48.1 Å². The summed E-state index contributed by atoms with van der Waals surface area (Å²) in [6.07, 6.45) is 0. The molecule has 3 aromatic rings. The summed E-state index contributed by atoms with van der Waals surface area (Å²) >= 11 is 3.50. The van der Waals surface area contributed by atoms with Crippen LogP contribution in [0.15, 0.2) is 51.0 Å². The number of aromatic hydroxyl groups is 1. The molecule has 33 heavy (non-hydrogen) atoms. The standard InChI is InChI=1S/C23H22BrN5O4/c24-16-3-1-2-15-18(22(30)27-19(15)16)21-20(28-33-11-10-29-8-6-25-7-9-29)14-5-4-13(23(31)32)12-17(14)26-21/h1-5,12,25,27,30H,6-11H2,(H,31,32)/b28-20+. The fraction of sp³-hybridized carbons (Fsp3) is 0.261. The summed E-state index contributed by atoms with van der Waals surface area (Å²) in [4.78, 5) is 27.1. The number of carboxylic acids is 1. The summed E-state index contributed by atoms with van der Waals surface area (Å²) in [5.41, 5.74) is 3.36. The number of aromatic carboxylic acids is 1. The molecule has 9 nitrogen and oxygen atoms in total. The molecular weight excluding hydrogens is 490 g/mol. The van der Waals surface area contributed by atoms with E-state index >= 15 is 0 Å². The molecule has 1 fully saturated rings. The Balaban J connectivity index is 1.51. The Morgan fingerprint density at radius 3 is 2.85 bits per heavy atom. The van der Waals surface area contributed by atoms with Crippen molar-refractivity contribution in [1.29, 1.82) is 0 Å². The Labute approximate surface area is 197 Å². The van der Waals surface area contributed by atoms with Crippen LogP contribution >= 0.6 is 15.9 Å². The first-order valence-electron chi connectivity index (χ1n) is 10.6. The number of hydrogen-bond acceptors (Lipinski definition) is 7. The van der Waals surface area contributed by atoms with Crippen LogP contribution in [0, 0.1) is 0 Å². The highest BCUT2D eigenvalue weighted by atomic mass is 79.9. The molecule has 0 atom stereocenters. The van der Waals surface area contributed by atoms with Gasteiger partial charge in [0.25, 0.3) is 0 Å². The fourth-order valence-corrected chi connectivity index (χ4v) is 4.61. The molecule has 0 radical (unpaired) electrons. The highest BCUT2D eigenvalue weighted by molar-refractivity contribution is 9.10. The number of carbonyl (C=O) groups is 1. The van der Waals surface area contributed by atoms with Gasteiger partial charge in [-0.15, -0.1) is 0 Å². The molecule has 2 aliphatic heterocycles. The van der Waals surface area contributed by atoms with Gasteiger partial charge in [0.1, 0.15) is 18.0 Å². The molecule has 170 valence electrons. The molecular formula is C23H22BrN5O4. The number of H-pyrrole nitrogens is 1. The number of rotatable bonds is 6. The summed E-state index contributed by atoms with van der Waals surface area (Å²) in [7, 11) is 0. The SMILES string of the molecule is O=C(O)c1ccc2c(c1)N=C(c1c(O)[nH]c3c(Br)cccc13)/C2=N/OCCN1CCNCC1. The zero-order valence-electron chi connectivity index (χ0n) is 17.6. The number of piperazine rings is 1. The lowest BCUT2D eigenvalue weighted by molar-refractivity contribution is 0.0697. The van der Waals surface area contributed by atoms with E-state index in [4.69, 9.17) is 4.84 Å². The molecule has 4 N–H and O–H groups in total. The number of carboxylic acid groups (broad SMARTS) is 1. The van der Waals surface area contributed by atoms with Crippen LogP contribution in [-0.4, -0.2) is 76.8 Å². The first kappa shape index (κ1) is 21.6. The Kier molecular flexibility index (Phi) is 5.88. The molecule has 3 heterocycles. The van der Waals surface area contributed by atoms with E-state index in [2.05, 4.69) is 41.3 Å². The summed E-state index contributed by atoms with van der Waals surface area (Å²) in [6.45, 7) is 5.00. The van der Waals surface area contributed by atoms with Crippen molar-refractivity contribution in [2.45, 2.75) is 0 Å². The largest absolute Gasteiger partial charge is 0.494 e. The number of halogens is 1. The van der Waals surface area contributed by atoms with E-state index in [-0.39, 0.29) is 11.4 Å². The number of fused-ring (bicyclic) bond motifs is 2. The third kappa shape index (κ3) is 4.12. The van der Waals surface area contributed by atoms with Crippen LogP contribution in [0.3, 0.4) is 0 Å². The molecule has 1 aromatic heterocycles. The van der Waals surface area contributed by atoms with Gasteiger partial charge in [-0.1, -0.05) is 17.3 Å². The van der Waals surface area contributed by atoms with E-state index < -0.39 is 5.97 Å². The van der Waals surface area contributed by atoms with Gasteiger partial charge in [-0.05, 0) is 40.2 Å². The lowest BCUT2D eigenvalue weighted by Crippen LogP contribution is -2.44. The molecule has 0 saturated carbocycles. The average molecular weight is 512 g/mol. The number of nitrogens with one attached hydrogen (secondary N) is 2. The average Bonchev–Trinajstić information content (AvgIpc) is 3.34. The second-order valence-corrected chi connectivity index (χ2v) is 8.73. The normalized spacial score (nSPS) is 17.4. The molecule has 0 aliphatic carbocycles. The van der Waals surface area contributed by atoms with Gasteiger partial charge < -0.3 is 25.4 Å². The minimum absolute atomic E-state index is 0.0459. The highest BCUT2D eigenvalue weighted by Crippen LogP contribution is 2.38. The molecule has 5 rings (SSSR count). The van der Waals surface area contributed by atoms with Gasteiger partial charge in [0.15, 0.2) is 5.88 Å². The Morgan fingerprint density at radius 2 is 2.06 bits per heavy atom. The number of aliphatic imine (C=N–C) groups is 1. The van der Waals surface area contributed by atoms with E-state index in [0.29, 0.717) is 34.8 Å². The van der Waals surface area contributed by atoms with Crippen molar-refractivity contribution in [2.75, 3.05) is 39.3 Å². The van der Waals surface area contributed by atoms with Crippen LogP contribution in [0.2, 0.25) is 0 Å². The molecule has 1 saturated heterocycles. The maximum absolute atomic E-state index is 11.5. The third-order valence-corrected chi connectivity index (χ3v) is 6.48. The predicted octanol–water partition coefficient (Wildman–Crippen LogP) is 3.09. The zero-order chi connectivity index (χ0) is 22.9. The van der Waals surface area contributed by atoms with Gasteiger partial charge in [0, 0.05) is 48.1 Å². The van der Waals surface area contributed by atoms with Crippen LogP contribution in [-0.2, 0) is 4.84 Å². The Morgan fingerprint density at radius 1 is 1.24 bits per heavy atom. The molecule has 0 unspecified atom stereocenters. The highest BCUT2D eigenvalue weighted by Gasteiger charge is 2.30. The van der Waals surface area contributed by atoms with Crippen LogP contribution in [0.25, 0.3) is 10.9 Å². The number of nitrogens with zero attached hydrogens (tertiary/aromatic N) is 3. The van der Waals surface area contributed by atoms with Crippen molar-refractivity contribution in [3.63, 3.8) is 0 Å². The zero-order valence-corrected chi connectivity index (χ0v) is 19.2. The maximum atomic E-state index is 11.5. The molecule has 10 heteroatoms. The van der Waals surface area contributed by atoms with Gasteiger partial charge in [-0.3, -0.25) is 4.90 Å². The second-order valence-electron chi connectivity index (χ2n) is 7.87. The van der Waals surface area contributed by atoms with Crippen LogP contribution in [0.5, 0.6) is 5.88 Å². The summed E-state index contributed by atoms with van der Waals surface area (Å²) in [6, 6.07) is 10.3. The molecule has 2 aromatic carbocycles. The van der Waals surface area contributed by atoms with Crippen LogP contribution in [0.4, 0.5) is 5.69 Å². The number of hydrogen-bond donors (Lipinski definition) is 4. The van der Waals surface area contributed by atoms with Gasteiger partial charge in [0.2, 0.25) is 0 Å². The maximum Gasteiger partial charge on any atom is 0.335 e. The van der Waals surface area contributed by atoms with Gasteiger partial charge in [-0.2, -0.15) is 0 Å². The molecule has 0 amide bonds. The Hall–Kier alpha value is -3.21. The van der Waals surface area contributed by atoms with E-state index in [1.54, 1.807) is 6.07 Å². The predicted molar refractivity (Wildman–Crippen MR) is 129 cm³/mol. The van der Waals surface area contributed by atoms with Crippen molar-refractivity contribution in [3.8, 4) is 5.88 Å².